The van der Waals surface area contributed by atoms with Gasteiger partial charge in [0.1, 0.15) is 12.1 Å². The molecule has 8 nitrogen and oxygen atoms in total. The summed E-state index contributed by atoms with van der Waals surface area (Å²) in [5.74, 6) is -1.14. The molecule has 1 fully saturated rings. The Balaban J connectivity index is 2.13. The number of amides is 2. The zero-order valence-corrected chi connectivity index (χ0v) is 14.5. The second-order valence-electron chi connectivity index (χ2n) is 6.31. The SMILES string of the molecule is COC(=O)[C@@H]1CCCN1C(=O)C(NC(=O)c1cnn(C)c1)C(C)C. The monoisotopic (exact) mass is 336 g/mol. The molecule has 1 saturated heterocycles. The van der Waals surface area contributed by atoms with Gasteiger partial charge in [-0.15, -0.1) is 0 Å². The smallest absolute Gasteiger partial charge is 0.328 e. The van der Waals surface area contributed by atoms with E-state index in [0.717, 1.165) is 6.42 Å². The van der Waals surface area contributed by atoms with Crippen molar-refractivity contribution in [3.05, 3.63) is 18.0 Å². The van der Waals surface area contributed by atoms with E-state index in [2.05, 4.69) is 10.4 Å². The first-order valence-electron chi connectivity index (χ1n) is 8.03. The summed E-state index contributed by atoms with van der Waals surface area (Å²) in [5, 5.41) is 6.72. The molecule has 1 unspecified atom stereocenters. The number of rotatable bonds is 5. The van der Waals surface area contributed by atoms with Gasteiger partial charge >= 0.3 is 5.97 Å². The Labute approximate surface area is 141 Å². The normalized spacial score (nSPS) is 18.5. The summed E-state index contributed by atoms with van der Waals surface area (Å²) in [6.07, 6.45) is 4.36. The molecule has 1 aliphatic heterocycles. The van der Waals surface area contributed by atoms with Gasteiger partial charge in [0.2, 0.25) is 5.91 Å². The van der Waals surface area contributed by atoms with E-state index in [0.29, 0.717) is 18.5 Å². The number of nitrogens with zero attached hydrogens (tertiary/aromatic N) is 3. The van der Waals surface area contributed by atoms with Crippen molar-refractivity contribution in [3.63, 3.8) is 0 Å². The molecular formula is C16H24N4O4. The van der Waals surface area contributed by atoms with Gasteiger partial charge in [-0.3, -0.25) is 14.3 Å². The molecule has 8 heteroatoms. The molecule has 24 heavy (non-hydrogen) atoms. The van der Waals surface area contributed by atoms with Gasteiger partial charge in [0.05, 0.1) is 18.9 Å². The summed E-state index contributed by atoms with van der Waals surface area (Å²) in [6, 6.07) is -1.28. The predicted molar refractivity (Wildman–Crippen MR) is 86.1 cm³/mol. The number of aromatic nitrogens is 2. The van der Waals surface area contributed by atoms with E-state index in [9.17, 15) is 14.4 Å². The van der Waals surface area contributed by atoms with Crippen LogP contribution in [-0.4, -0.2) is 58.2 Å². The molecule has 1 aliphatic rings. The first-order valence-corrected chi connectivity index (χ1v) is 8.03. The second-order valence-corrected chi connectivity index (χ2v) is 6.31. The number of hydrogen-bond acceptors (Lipinski definition) is 5. The Hall–Kier alpha value is -2.38. The molecule has 132 valence electrons. The minimum Gasteiger partial charge on any atom is -0.467 e. The second kappa shape index (κ2) is 7.46. The predicted octanol–water partition coefficient (Wildman–Crippen LogP) is 0.339. The van der Waals surface area contributed by atoms with Crippen LogP contribution in [0.15, 0.2) is 12.4 Å². The Morgan fingerprint density at radius 1 is 1.38 bits per heavy atom. The van der Waals surface area contributed by atoms with Crippen LogP contribution < -0.4 is 5.32 Å². The van der Waals surface area contributed by atoms with E-state index in [1.165, 1.54) is 22.9 Å². The lowest BCUT2D eigenvalue weighted by molar-refractivity contribution is -0.151. The zero-order valence-electron chi connectivity index (χ0n) is 14.5. The Kier molecular flexibility index (Phi) is 5.58. The number of likely N-dealkylation sites (tertiary alicyclic amines) is 1. The summed E-state index contributed by atoms with van der Waals surface area (Å²) < 4.78 is 6.30. The van der Waals surface area contributed by atoms with Crippen LogP contribution in [0.5, 0.6) is 0 Å². The molecule has 0 aromatic carbocycles. The zero-order chi connectivity index (χ0) is 17.9. The third-order valence-electron chi connectivity index (χ3n) is 4.20. The first-order chi connectivity index (χ1) is 11.3. The number of carbonyl (C=O) groups is 3. The molecule has 0 spiro atoms. The topological polar surface area (TPSA) is 93.5 Å². The van der Waals surface area contributed by atoms with Crippen molar-refractivity contribution in [1.29, 1.82) is 0 Å². The molecule has 2 heterocycles. The Bertz CT molecular complexity index is 625. The lowest BCUT2D eigenvalue weighted by atomic mass is 10.0. The minimum absolute atomic E-state index is 0.114. The van der Waals surface area contributed by atoms with Crippen LogP contribution in [0, 0.1) is 5.92 Å². The summed E-state index contributed by atoms with van der Waals surface area (Å²) in [6.45, 7) is 4.20. The quantitative estimate of drug-likeness (QED) is 0.783. The molecule has 0 aliphatic carbocycles. The van der Waals surface area contributed by atoms with E-state index < -0.39 is 18.1 Å². The molecule has 0 saturated carbocycles. The number of hydrogen-bond donors (Lipinski definition) is 1. The van der Waals surface area contributed by atoms with Crippen LogP contribution in [0.3, 0.4) is 0 Å². The average Bonchev–Trinajstić information content (AvgIpc) is 3.19. The number of esters is 1. The highest BCUT2D eigenvalue weighted by Gasteiger charge is 2.39. The summed E-state index contributed by atoms with van der Waals surface area (Å²) in [5.41, 5.74) is 0.391. The number of carbonyl (C=O) groups excluding carboxylic acids is 3. The number of aryl methyl sites for hydroxylation is 1. The third kappa shape index (κ3) is 3.74. The van der Waals surface area contributed by atoms with Crippen LogP contribution in [0.4, 0.5) is 0 Å². The van der Waals surface area contributed by atoms with E-state index >= 15 is 0 Å². The Morgan fingerprint density at radius 2 is 2.08 bits per heavy atom. The highest BCUT2D eigenvalue weighted by atomic mass is 16.5. The fraction of sp³-hybridized carbons (Fsp3) is 0.625. The van der Waals surface area contributed by atoms with Crippen molar-refractivity contribution in [2.45, 2.75) is 38.8 Å². The molecule has 0 bridgehead atoms. The van der Waals surface area contributed by atoms with Crippen LogP contribution in [-0.2, 0) is 21.4 Å². The fourth-order valence-electron chi connectivity index (χ4n) is 2.87. The first kappa shape index (κ1) is 18.0. The highest BCUT2D eigenvalue weighted by molar-refractivity contribution is 5.98. The lowest BCUT2D eigenvalue weighted by Gasteiger charge is -2.29. The molecule has 2 atom stereocenters. The lowest BCUT2D eigenvalue weighted by Crippen LogP contribution is -2.53. The summed E-state index contributed by atoms with van der Waals surface area (Å²) in [7, 11) is 3.03. The van der Waals surface area contributed by atoms with Crippen molar-refractivity contribution >= 4 is 17.8 Å². The van der Waals surface area contributed by atoms with Crippen LogP contribution in [0.2, 0.25) is 0 Å². The van der Waals surface area contributed by atoms with Gasteiger partial charge in [0.25, 0.3) is 5.91 Å². The fourth-order valence-corrected chi connectivity index (χ4v) is 2.87. The number of nitrogens with one attached hydrogen (secondary N) is 1. The molecular weight excluding hydrogens is 312 g/mol. The van der Waals surface area contributed by atoms with Gasteiger partial charge in [0.15, 0.2) is 0 Å². The van der Waals surface area contributed by atoms with Crippen LogP contribution in [0.1, 0.15) is 37.0 Å². The molecule has 1 aromatic rings. The largest absolute Gasteiger partial charge is 0.467 e. The van der Waals surface area contributed by atoms with Crippen molar-refractivity contribution in [1.82, 2.24) is 20.0 Å². The van der Waals surface area contributed by atoms with Gasteiger partial charge in [-0.2, -0.15) is 5.10 Å². The van der Waals surface area contributed by atoms with E-state index in [1.807, 2.05) is 13.8 Å². The van der Waals surface area contributed by atoms with Crippen molar-refractivity contribution < 1.29 is 19.1 Å². The maximum absolute atomic E-state index is 12.9. The molecule has 2 rings (SSSR count). The molecule has 1 N–H and O–H groups in total. The summed E-state index contributed by atoms with van der Waals surface area (Å²) in [4.78, 5) is 38.6. The molecule has 0 radical (unpaired) electrons. The Morgan fingerprint density at radius 3 is 2.62 bits per heavy atom. The van der Waals surface area contributed by atoms with Crippen molar-refractivity contribution in [2.24, 2.45) is 13.0 Å². The standard InChI is InChI=1S/C16H24N4O4/c1-10(2)13(18-14(21)11-8-17-19(3)9-11)15(22)20-7-5-6-12(20)16(23)24-4/h8-10,12-13H,5-7H2,1-4H3,(H,18,21)/t12-,13?/m0/s1. The van der Waals surface area contributed by atoms with E-state index in [4.69, 9.17) is 4.74 Å². The van der Waals surface area contributed by atoms with Gasteiger partial charge in [0, 0.05) is 19.8 Å². The van der Waals surface area contributed by atoms with Crippen molar-refractivity contribution in [2.75, 3.05) is 13.7 Å². The minimum atomic E-state index is -0.706. The molecule has 2 amide bonds. The van der Waals surface area contributed by atoms with Crippen molar-refractivity contribution in [3.8, 4) is 0 Å². The van der Waals surface area contributed by atoms with Crippen LogP contribution in [0.25, 0.3) is 0 Å². The van der Waals surface area contributed by atoms with E-state index in [1.54, 1.807) is 13.2 Å². The van der Waals surface area contributed by atoms with Gasteiger partial charge in [-0.1, -0.05) is 13.8 Å². The van der Waals surface area contributed by atoms with Crippen LogP contribution >= 0.6 is 0 Å². The average molecular weight is 336 g/mol. The maximum atomic E-state index is 12.9. The van der Waals surface area contributed by atoms with E-state index in [-0.39, 0.29) is 17.7 Å². The highest BCUT2D eigenvalue weighted by Crippen LogP contribution is 2.21. The van der Waals surface area contributed by atoms with Gasteiger partial charge in [-0.25, -0.2) is 4.79 Å². The summed E-state index contributed by atoms with van der Waals surface area (Å²) >= 11 is 0. The molecule has 1 aromatic heterocycles. The maximum Gasteiger partial charge on any atom is 0.328 e. The third-order valence-corrected chi connectivity index (χ3v) is 4.20. The number of methoxy groups -OCH3 is 1. The van der Waals surface area contributed by atoms with Gasteiger partial charge in [-0.05, 0) is 18.8 Å². The number of ether oxygens (including phenoxy) is 1. The van der Waals surface area contributed by atoms with Gasteiger partial charge < -0.3 is 15.0 Å².